The number of carbonyl (C=O) groups is 3. The van der Waals surface area contributed by atoms with Crippen LogP contribution in [0.5, 0.6) is 0 Å². The number of carbonyl (C=O) groups excluding carboxylic acids is 2. The van der Waals surface area contributed by atoms with E-state index in [1.807, 2.05) is 36.4 Å². The zero-order valence-electron chi connectivity index (χ0n) is 17.7. The minimum absolute atomic E-state index is 0.0683. The second kappa shape index (κ2) is 9.46. The zero-order chi connectivity index (χ0) is 23.5. The molecule has 0 aromatic heterocycles. The van der Waals surface area contributed by atoms with E-state index in [1.54, 1.807) is 6.07 Å². The molecule has 4 rings (SSSR count). The average molecular weight is 509 g/mol. The number of hydrogen-bond donors (Lipinski definition) is 3. The highest BCUT2D eigenvalue weighted by Gasteiger charge is 2.29. The van der Waals surface area contributed by atoms with E-state index in [0.29, 0.717) is 10.2 Å². The van der Waals surface area contributed by atoms with Gasteiger partial charge in [-0.1, -0.05) is 48.5 Å². The van der Waals surface area contributed by atoms with Crippen LogP contribution < -0.4 is 10.6 Å². The van der Waals surface area contributed by atoms with E-state index >= 15 is 0 Å². The predicted molar refractivity (Wildman–Crippen MR) is 127 cm³/mol. The van der Waals surface area contributed by atoms with E-state index in [0.717, 1.165) is 22.3 Å². The van der Waals surface area contributed by atoms with Crippen LogP contribution in [0.2, 0.25) is 0 Å². The van der Waals surface area contributed by atoms with Crippen molar-refractivity contribution in [2.45, 2.75) is 18.9 Å². The molecule has 0 aliphatic heterocycles. The number of carboxylic acids is 1. The van der Waals surface area contributed by atoms with Gasteiger partial charge in [0.05, 0.1) is 5.69 Å². The molecule has 8 heteroatoms. The standard InChI is InChI=1S/C25H21BrN2O5/c1-14(24(30)31)27-23(29)15-10-11-21(26)22(12-15)28-25(32)33-13-20-18-8-4-2-6-16(18)17-7-3-5-9-19(17)20/h2-12,14,20H,13H2,1H3,(H,27,29)(H,28,32)(H,30,31). The van der Waals surface area contributed by atoms with E-state index in [9.17, 15) is 14.4 Å². The summed E-state index contributed by atoms with van der Waals surface area (Å²) in [6, 6.07) is 19.7. The molecule has 3 aromatic rings. The molecule has 3 aromatic carbocycles. The molecule has 0 heterocycles. The van der Waals surface area contributed by atoms with Crippen molar-refractivity contribution in [2.24, 2.45) is 0 Å². The molecule has 0 radical (unpaired) electrons. The van der Waals surface area contributed by atoms with Crippen molar-refractivity contribution in [1.29, 1.82) is 0 Å². The maximum absolute atomic E-state index is 12.6. The number of rotatable bonds is 6. The molecule has 0 spiro atoms. The van der Waals surface area contributed by atoms with Gasteiger partial charge in [-0.3, -0.25) is 14.9 Å². The molecule has 3 N–H and O–H groups in total. The number of anilines is 1. The average Bonchev–Trinajstić information content (AvgIpc) is 3.12. The number of carboxylic acid groups (broad SMARTS) is 1. The van der Waals surface area contributed by atoms with Crippen LogP contribution in [-0.4, -0.2) is 35.7 Å². The highest BCUT2D eigenvalue weighted by molar-refractivity contribution is 9.10. The molecule has 1 atom stereocenters. The molecular formula is C25H21BrN2O5. The lowest BCUT2D eigenvalue weighted by molar-refractivity contribution is -0.138. The highest BCUT2D eigenvalue weighted by Crippen LogP contribution is 2.44. The van der Waals surface area contributed by atoms with Gasteiger partial charge in [0, 0.05) is 16.0 Å². The lowest BCUT2D eigenvalue weighted by atomic mass is 9.98. The van der Waals surface area contributed by atoms with Gasteiger partial charge in [0.1, 0.15) is 12.6 Å². The lowest BCUT2D eigenvalue weighted by Gasteiger charge is -2.15. The Hall–Kier alpha value is -3.65. The van der Waals surface area contributed by atoms with Gasteiger partial charge in [-0.05, 0) is 63.3 Å². The third kappa shape index (κ3) is 4.75. The summed E-state index contributed by atoms with van der Waals surface area (Å²) >= 11 is 3.35. The number of nitrogens with one attached hydrogen (secondary N) is 2. The van der Waals surface area contributed by atoms with Crippen molar-refractivity contribution >= 4 is 39.6 Å². The molecule has 33 heavy (non-hydrogen) atoms. The van der Waals surface area contributed by atoms with Crippen molar-refractivity contribution in [3.63, 3.8) is 0 Å². The summed E-state index contributed by atoms with van der Waals surface area (Å²) in [5.41, 5.74) is 5.04. The van der Waals surface area contributed by atoms with Crippen LogP contribution in [0.1, 0.15) is 34.3 Å². The summed E-state index contributed by atoms with van der Waals surface area (Å²) in [6.07, 6.45) is -0.658. The SMILES string of the molecule is CC(NC(=O)c1ccc(Br)c(NC(=O)OCC2c3ccccc3-c3ccccc32)c1)C(=O)O. The van der Waals surface area contributed by atoms with Gasteiger partial charge in [0.15, 0.2) is 0 Å². The first-order valence-electron chi connectivity index (χ1n) is 10.3. The molecule has 168 valence electrons. The van der Waals surface area contributed by atoms with Crippen molar-refractivity contribution in [3.8, 4) is 11.1 Å². The Morgan fingerprint density at radius 3 is 2.21 bits per heavy atom. The molecule has 0 bridgehead atoms. The molecule has 2 amide bonds. The van der Waals surface area contributed by atoms with Crippen LogP contribution in [0.25, 0.3) is 11.1 Å². The van der Waals surface area contributed by atoms with Crippen molar-refractivity contribution < 1.29 is 24.2 Å². The van der Waals surface area contributed by atoms with Gasteiger partial charge >= 0.3 is 12.1 Å². The highest BCUT2D eigenvalue weighted by atomic mass is 79.9. The molecule has 0 saturated heterocycles. The molecular weight excluding hydrogens is 488 g/mol. The number of ether oxygens (including phenoxy) is 1. The maximum atomic E-state index is 12.6. The third-order valence-corrected chi connectivity index (χ3v) is 6.22. The third-order valence-electron chi connectivity index (χ3n) is 5.53. The first-order valence-corrected chi connectivity index (χ1v) is 11.1. The summed E-state index contributed by atoms with van der Waals surface area (Å²) in [5, 5.41) is 14.0. The van der Waals surface area contributed by atoms with Gasteiger partial charge in [-0.15, -0.1) is 0 Å². The monoisotopic (exact) mass is 508 g/mol. The van der Waals surface area contributed by atoms with E-state index in [1.165, 1.54) is 19.1 Å². The fourth-order valence-electron chi connectivity index (χ4n) is 3.85. The van der Waals surface area contributed by atoms with Gasteiger partial charge in [-0.25, -0.2) is 4.79 Å². The number of hydrogen-bond acceptors (Lipinski definition) is 4. The number of fused-ring (bicyclic) bond motifs is 3. The minimum Gasteiger partial charge on any atom is -0.480 e. The molecule has 1 unspecified atom stereocenters. The van der Waals surface area contributed by atoms with Gasteiger partial charge in [-0.2, -0.15) is 0 Å². The van der Waals surface area contributed by atoms with Crippen LogP contribution in [0.4, 0.5) is 10.5 Å². The van der Waals surface area contributed by atoms with Gasteiger partial charge < -0.3 is 15.2 Å². The van der Waals surface area contributed by atoms with E-state index in [4.69, 9.17) is 9.84 Å². The predicted octanol–water partition coefficient (Wildman–Crippen LogP) is 5.01. The van der Waals surface area contributed by atoms with E-state index in [2.05, 4.69) is 38.7 Å². The quantitative estimate of drug-likeness (QED) is 0.433. The first kappa shape index (κ1) is 22.5. The topological polar surface area (TPSA) is 105 Å². The summed E-state index contributed by atoms with van der Waals surface area (Å²) in [6.45, 7) is 1.53. The molecule has 0 saturated carbocycles. The number of halogens is 1. The largest absolute Gasteiger partial charge is 0.480 e. The Balaban J connectivity index is 1.45. The first-order chi connectivity index (χ1) is 15.8. The normalized spacial score (nSPS) is 12.9. The molecule has 7 nitrogen and oxygen atoms in total. The van der Waals surface area contributed by atoms with Crippen LogP contribution in [0.15, 0.2) is 71.2 Å². The maximum Gasteiger partial charge on any atom is 0.411 e. The zero-order valence-corrected chi connectivity index (χ0v) is 19.3. The molecule has 0 fully saturated rings. The van der Waals surface area contributed by atoms with Crippen molar-refractivity contribution in [1.82, 2.24) is 5.32 Å². The molecule has 1 aliphatic rings. The number of benzene rings is 3. The van der Waals surface area contributed by atoms with Crippen LogP contribution in [0.3, 0.4) is 0 Å². The summed E-state index contributed by atoms with van der Waals surface area (Å²) in [5.74, 6) is -1.77. The second-order valence-electron chi connectivity index (χ2n) is 7.68. The second-order valence-corrected chi connectivity index (χ2v) is 8.53. The fourth-order valence-corrected chi connectivity index (χ4v) is 4.19. The van der Waals surface area contributed by atoms with Crippen LogP contribution in [-0.2, 0) is 9.53 Å². The fraction of sp³-hybridized carbons (Fsp3) is 0.160. The summed E-state index contributed by atoms with van der Waals surface area (Å²) in [7, 11) is 0. The minimum atomic E-state index is -1.14. The Kier molecular flexibility index (Phi) is 6.46. The Bertz CT molecular complexity index is 1200. The van der Waals surface area contributed by atoms with E-state index in [-0.39, 0.29) is 18.1 Å². The summed E-state index contributed by atoms with van der Waals surface area (Å²) < 4.78 is 6.10. The van der Waals surface area contributed by atoms with E-state index < -0.39 is 24.0 Å². The van der Waals surface area contributed by atoms with Gasteiger partial charge in [0.25, 0.3) is 5.91 Å². The summed E-state index contributed by atoms with van der Waals surface area (Å²) in [4.78, 5) is 35.8. The van der Waals surface area contributed by atoms with Crippen molar-refractivity contribution in [2.75, 3.05) is 11.9 Å². The number of amides is 2. The smallest absolute Gasteiger partial charge is 0.411 e. The Labute approximate surface area is 198 Å². The Morgan fingerprint density at radius 1 is 1.00 bits per heavy atom. The van der Waals surface area contributed by atoms with Gasteiger partial charge in [0.2, 0.25) is 0 Å². The van der Waals surface area contributed by atoms with Crippen LogP contribution >= 0.6 is 15.9 Å². The Morgan fingerprint density at radius 2 is 1.61 bits per heavy atom. The lowest BCUT2D eigenvalue weighted by Crippen LogP contribution is -2.38. The molecule has 1 aliphatic carbocycles. The number of aliphatic carboxylic acids is 1. The van der Waals surface area contributed by atoms with Crippen LogP contribution in [0, 0.1) is 0 Å². The van der Waals surface area contributed by atoms with Crippen molar-refractivity contribution in [3.05, 3.63) is 87.9 Å².